The van der Waals surface area contributed by atoms with Crippen LogP contribution in [0.3, 0.4) is 0 Å². The van der Waals surface area contributed by atoms with Crippen molar-refractivity contribution < 1.29 is 94.5 Å². The number of rotatable bonds is 4. The summed E-state index contributed by atoms with van der Waals surface area (Å²) < 4.78 is 0. The van der Waals surface area contributed by atoms with Crippen LogP contribution >= 0.6 is 0 Å². The van der Waals surface area contributed by atoms with Crippen molar-refractivity contribution in [2.24, 2.45) is 0 Å². The predicted molar refractivity (Wildman–Crippen MR) is 216 cm³/mol. The van der Waals surface area contributed by atoms with Gasteiger partial charge >= 0.3 is 68.6 Å². The number of aromatic nitrogens is 4. The number of benzene rings is 4. The molecule has 0 aliphatic heterocycles. The Balaban J connectivity index is 0.000000386. The van der Waals surface area contributed by atoms with E-state index in [9.17, 15) is 19.2 Å². The number of aromatic carboxylic acids is 4. The van der Waals surface area contributed by atoms with Gasteiger partial charge in [-0.2, -0.15) is 0 Å². The fraction of sp³-hybridized carbons (Fsp3) is 0. The first kappa shape index (κ1) is 52.3. The molecule has 0 bridgehead atoms. The number of pyridine rings is 4. The zero-order valence-electron chi connectivity index (χ0n) is 31.0. The molecular weight excluding hydrogens is 1000 g/mol. The topological polar surface area (TPSA) is 333 Å². The van der Waals surface area contributed by atoms with E-state index in [-0.39, 0.29) is 44.8 Å². The molecule has 0 unspecified atom stereocenters. The Hall–Kier alpha value is -7.72. The molecule has 0 amide bonds. The first-order valence-electron chi connectivity index (χ1n) is 16.5. The number of carboxylic acid groups (broad SMARTS) is 4. The average Bonchev–Trinajstić information content (AvgIpc) is 3.23. The van der Waals surface area contributed by atoms with Gasteiger partial charge in [0, 0.05) is 46.3 Å². The summed E-state index contributed by atoms with van der Waals surface area (Å²) >= 11 is 0. The van der Waals surface area contributed by atoms with Gasteiger partial charge in [0.25, 0.3) is 0 Å². The quantitative estimate of drug-likeness (QED) is 0.0766. The van der Waals surface area contributed by atoms with Gasteiger partial charge in [-0.05, 0) is 97.1 Å². The summed E-state index contributed by atoms with van der Waals surface area (Å²) in [6.07, 6.45) is 6.73. The average molecular weight is 1030 g/mol. The van der Waals surface area contributed by atoms with Gasteiger partial charge in [-0.1, -0.05) is 24.3 Å². The Kier molecular flexibility index (Phi) is 22.3. The molecule has 22 heteroatoms. The second-order valence-corrected chi connectivity index (χ2v) is 11.3. The van der Waals surface area contributed by atoms with E-state index in [1.165, 1.54) is 0 Å². The van der Waals surface area contributed by atoms with Crippen LogP contribution in [0.4, 0.5) is 0 Å². The Morgan fingerprint density at radius 3 is 0.710 bits per heavy atom. The second-order valence-electron chi connectivity index (χ2n) is 11.3. The van der Waals surface area contributed by atoms with Crippen LogP contribution in [-0.4, -0.2) is 74.4 Å². The third-order valence-corrected chi connectivity index (χ3v) is 7.40. The van der Waals surface area contributed by atoms with Crippen molar-refractivity contribution >= 4 is 67.5 Å². The monoisotopic (exact) mass is 1030 g/mol. The van der Waals surface area contributed by atoms with Crippen LogP contribution in [0.25, 0.3) is 43.6 Å². The maximum atomic E-state index is 10.6. The Morgan fingerprint density at radius 2 is 0.548 bits per heavy atom. The van der Waals surface area contributed by atoms with Gasteiger partial charge in [-0.15, -0.1) is 0 Å². The molecule has 8 aromatic rings. The van der Waals surface area contributed by atoms with Crippen molar-refractivity contribution in [1.29, 1.82) is 0 Å². The third-order valence-electron chi connectivity index (χ3n) is 7.40. The number of nitrogens with zero attached hydrogens (tertiary/aromatic N) is 6. The van der Waals surface area contributed by atoms with Gasteiger partial charge in [0.15, 0.2) is 0 Å². The normalized spacial score (nSPS) is 9.29. The minimum absolute atomic E-state index is 0. The van der Waals surface area contributed by atoms with Crippen LogP contribution in [0, 0.1) is 30.6 Å². The van der Waals surface area contributed by atoms with Crippen molar-refractivity contribution in [2.45, 2.75) is 0 Å². The predicted octanol–water partition coefficient (Wildman–Crippen LogP) is 7.25. The van der Waals surface area contributed by atoms with E-state index in [4.69, 9.17) is 51.1 Å². The summed E-state index contributed by atoms with van der Waals surface area (Å²) in [4.78, 5) is 75.4. The summed E-state index contributed by atoms with van der Waals surface area (Å²) in [5, 5.41) is 67.8. The smallest absolute Gasteiger partial charge is 0.478 e. The minimum Gasteiger partial charge on any atom is -0.478 e. The summed E-state index contributed by atoms with van der Waals surface area (Å²) in [5.74, 6) is -3.65. The van der Waals surface area contributed by atoms with Crippen LogP contribution in [0.1, 0.15) is 41.4 Å². The van der Waals surface area contributed by atoms with Crippen LogP contribution < -0.4 is 0 Å². The van der Waals surface area contributed by atoms with Crippen LogP contribution in [0.2, 0.25) is 0 Å². The first-order valence-corrected chi connectivity index (χ1v) is 16.5. The second kappa shape index (κ2) is 26.4. The molecule has 0 spiro atoms. The number of carbonyl (C=O) groups is 4. The van der Waals surface area contributed by atoms with E-state index >= 15 is 0 Å². The van der Waals surface area contributed by atoms with E-state index in [0.29, 0.717) is 22.3 Å². The molecule has 0 aliphatic rings. The third kappa shape index (κ3) is 17.6. The molecule has 0 radical (unpaired) electrons. The number of hydrogen-bond donors (Lipinski definition) is 4. The van der Waals surface area contributed by atoms with Gasteiger partial charge < -0.3 is 51.1 Å². The Bertz CT molecular complexity index is 2440. The van der Waals surface area contributed by atoms with Gasteiger partial charge in [0.05, 0.1) is 54.5 Å². The molecule has 4 aromatic carbocycles. The van der Waals surface area contributed by atoms with Crippen molar-refractivity contribution in [2.75, 3.05) is 0 Å². The molecule has 20 nitrogen and oxygen atoms in total. The summed E-state index contributed by atoms with van der Waals surface area (Å²) in [7, 11) is 0. The Morgan fingerprint density at radius 1 is 0.371 bits per heavy atom. The zero-order valence-corrected chi connectivity index (χ0v) is 34.0. The van der Waals surface area contributed by atoms with Gasteiger partial charge in [0.1, 0.15) is 0 Å². The van der Waals surface area contributed by atoms with E-state index in [2.05, 4.69) is 19.9 Å². The first-order chi connectivity index (χ1) is 28.5. The molecular formula is C40H28Ag2N6O14. The summed E-state index contributed by atoms with van der Waals surface area (Å²) in [5.41, 5.74) is 4.42. The maximum Gasteiger partial charge on any atom is 1.00 e. The number of carboxylic acids is 4. The van der Waals surface area contributed by atoms with Crippen molar-refractivity contribution in [1.82, 2.24) is 19.9 Å². The van der Waals surface area contributed by atoms with Gasteiger partial charge in [0.2, 0.25) is 0 Å². The minimum atomic E-state index is -1.75. The van der Waals surface area contributed by atoms with Crippen molar-refractivity contribution in [3.8, 4) is 0 Å². The molecule has 8 rings (SSSR count). The number of hydrogen-bond acceptors (Lipinski definition) is 14. The van der Waals surface area contributed by atoms with Gasteiger partial charge in [-0.25, -0.2) is 19.2 Å². The molecule has 0 atom stereocenters. The summed E-state index contributed by atoms with van der Waals surface area (Å²) in [6.45, 7) is 0. The van der Waals surface area contributed by atoms with E-state index in [0.717, 1.165) is 43.6 Å². The molecule has 0 saturated heterocycles. The van der Waals surface area contributed by atoms with Crippen molar-refractivity contribution in [3.63, 3.8) is 0 Å². The summed E-state index contributed by atoms with van der Waals surface area (Å²) in [6, 6.07) is 34.0. The van der Waals surface area contributed by atoms with Gasteiger partial charge in [-0.3, -0.25) is 19.9 Å². The molecule has 62 heavy (non-hydrogen) atoms. The number of fused-ring (bicyclic) bond motifs is 4. The van der Waals surface area contributed by atoms with Crippen LogP contribution in [0.15, 0.2) is 146 Å². The molecule has 0 aliphatic carbocycles. The van der Waals surface area contributed by atoms with Crippen LogP contribution in [-0.2, 0) is 44.8 Å². The standard InChI is InChI=1S/4C10H7NO2.2Ag.2NO3/c4*12-10(13)8-3-4-9-7(6-8)2-1-5-11-9;;;2*2-1(3)4/h4*1-6H,(H,12,13);;;;/q;;;;2*+1;2*-1. The molecule has 4 N–H and O–H groups in total. The molecule has 324 valence electrons. The largest absolute Gasteiger partial charge is 1.00 e. The molecule has 0 saturated carbocycles. The van der Waals surface area contributed by atoms with Crippen LogP contribution in [0.5, 0.6) is 0 Å². The Labute approximate surface area is 379 Å². The van der Waals surface area contributed by atoms with E-state index < -0.39 is 34.1 Å². The SMILES string of the molecule is O=C(O)c1ccc2ncccc2c1.O=C(O)c1ccc2ncccc2c1.O=C(O)c1ccc2ncccc2c1.O=C(O)c1ccc2ncccc2c1.O=[N+]([O-])[O-].O=[N+]([O-])[O-].[Ag+].[Ag+]. The van der Waals surface area contributed by atoms with E-state index in [1.54, 1.807) is 122 Å². The molecule has 0 fully saturated rings. The maximum absolute atomic E-state index is 10.6. The zero-order chi connectivity index (χ0) is 44.2. The fourth-order valence-electron chi connectivity index (χ4n) is 4.83. The molecule has 4 heterocycles. The fourth-order valence-corrected chi connectivity index (χ4v) is 4.83. The molecule has 4 aromatic heterocycles. The van der Waals surface area contributed by atoms with Crippen molar-refractivity contribution in [3.05, 3.63) is 199 Å². The van der Waals surface area contributed by atoms with E-state index in [1.807, 2.05) is 24.3 Å².